The van der Waals surface area contributed by atoms with Crippen molar-refractivity contribution < 1.29 is 9.32 Å². The van der Waals surface area contributed by atoms with Crippen molar-refractivity contribution in [3.63, 3.8) is 0 Å². The highest BCUT2D eigenvalue weighted by Gasteiger charge is 2.25. The molecule has 2 heterocycles. The van der Waals surface area contributed by atoms with E-state index in [9.17, 15) is 4.79 Å². The number of aromatic nitrogens is 2. The van der Waals surface area contributed by atoms with E-state index in [2.05, 4.69) is 10.1 Å². The third-order valence-electron chi connectivity index (χ3n) is 2.72. The van der Waals surface area contributed by atoms with Crippen LogP contribution in [0.5, 0.6) is 0 Å². The maximum atomic E-state index is 11.9. The molecular weight excluding hydrogens is 208 g/mol. The molecule has 2 rings (SSSR count). The van der Waals surface area contributed by atoms with Gasteiger partial charge in [-0.15, -0.1) is 0 Å². The maximum Gasteiger partial charge on any atom is 0.246 e. The monoisotopic (exact) mass is 224 g/mol. The number of carbonyl (C=O) groups excluding carboxylic acids is 1. The molecule has 1 fully saturated rings. The Balaban J connectivity index is 2.04. The van der Waals surface area contributed by atoms with Crippen LogP contribution in [0.2, 0.25) is 0 Å². The predicted molar refractivity (Wildman–Crippen MR) is 56.3 cm³/mol. The number of amides is 1. The Morgan fingerprint density at radius 2 is 2.38 bits per heavy atom. The number of hydrogen-bond donors (Lipinski definition) is 1. The van der Waals surface area contributed by atoms with Crippen LogP contribution in [-0.2, 0) is 11.3 Å². The third kappa shape index (κ3) is 2.38. The van der Waals surface area contributed by atoms with E-state index in [4.69, 9.17) is 10.3 Å². The molecule has 1 atom stereocenters. The summed E-state index contributed by atoms with van der Waals surface area (Å²) in [6.07, 6.45) is 2.73. The molecule has 0 aromatic carbocycles. The summed E-state index contributed by atoms with van der Waals surface area (Å²) in [6.45, 7) is 2.84. The van der Waals surface area contributed by atoms with Gasteiger partial charge in [0, 0.05) is 6.54 Å². The zero-order valence-corrected chi connectivity index (χ0v) is 9.35. The molecule has 0 spiro atoms. The molecule has 1 aromatic rings. The van der Waals surface area contributed by atoms with Crippen molar-refractivity contribution >= 4 is 5.91 Å². The van der Waals surface area contributed by atoms with Crippen molar-refractivity contribution in [2.24, 2.45) is 5.73 Å². The second-order valence-electron chi connectivity index (χ2n) is 4.10. The van der Waals surface area contributed by atoms with E-state index >= 15 is 0 Å². The number of aryl methyl sites for hydroxylation is 1. The highest BCUT2D eigenvalue weighted by molar-refractivity contribution is 5.81. The molecule has 0 radical (unpaired) electrons. The van der Waals surface area contributed by atoms with Crippen LogP contribution in [0.1, 0.15) is 31.0 Å². The topological polar surface area (TPSA) is 85.3 Å². The summed E-state index contributed by atoms with van der Waals surface area (Å²) in [4.78, 5) is 17.6. The molecule has 6 nitrogen and oxygen atoms in total. The molecule has 1 aliphatic rings. The molecular formula is C10H16N4O2. The van der Waals surface area contributed by atoms with Gasteiger partial charge in [-0.1, -0.05) is 5.16 Å². The van der Waals surface area contributed by atoms with E-state index in [0.29, 0.717) is 24.8 Å². The van der Waals surface area contributed by atoms with Crippen molar-refractivity contribution in [2.75, 3.05) is 6.54 Å². The first-order valence-corrected chi connectivity index (χ1v) is 5.50. The van der Waals surface area contributed by atoms with Gasteiger partial charge < -0.3 is 15.2 Å². The van der Waals surface area contributed by atoms with Crippen LogP contribution in [0, 0.1) is 6.92 Å². The molecule has 88 valence electrons. The van der Waals surface area contributed by atoms with E-state index < -0.39 is 0 Å². The minimum atomic E-state index is -0.383. The number of rotatable bonds is 2. The Labute approximate surface area is 93.8 Å². The fourth-order valence-electron chi connectivity index (χ4n) is 1.86. The van der Waals surface area contributed by atoms with Gasteiger partial charge in [0.25, 0.3) is 0 Å². The molecule has 16 heavy (non-hydrogen) atoms. The molecule has 0 aliphatic carbocycles. The van der Waals surface area contributed by atoms with Crippen LogP contribution < -0.4 is 5.73 Å². The van der Waals surface area contributed by atoms with Gasteiger partial charge in [-0.25, -0.2) is 0 Å². The molecule has 1 aromatic heterocycles. The quantitative estimate of drug-likeness (QED) is 0.776. The van der Waals surface area contributed by atoms with Crippen LogP contribution in [-0.4, -0.2) is 33.5 Å². The number of hydrogen-bond acceptors (Lipinski definition) is 5. The lowest BCUT2D eigenvalue weighted by molar-refractivity contribution is -0.133. The summed E-state index contributed by atoms with van der Waals surface area (Å²) in [6, 6.07) is -0.383. The Hall–Kier alpha value is -1.43. The smallest absolute Gasteiger partial charge is 0.246 e. The first kappa shape index (κ1) is 11.1. The number of nitrogens with two attached hydrogens (primary N) is 1. The Morgan fingerprint density at radius 1 is 1.56 bits per heavy atom. The Morgan fingerprint density at radius 3 is 3.06 bits per heavy atom. The van der Waals surface area contributed by atoms with Gasteiger partial charge in [-0.2, -0.15) is 4.98 Å². The predicted octanol–water partition coefficient (Wildman–Crippen LogP) is 0.218. The molecule has 1 amide bonds. The largest absolute Gasteiger partial charge is 0.337 e. The zero-order chi connectivity index (χ0) is 11.5. The summed E-state index contributed by atoms with van der Waals surface area (Å²) < 4.78 is 5.00. The summed E-state index contributed by atoms with van der Waals surface area (Å²) >= 11 is 0. The zero-order valence-electron chi connectivity index (χ0n) is 9.35. The van der Waals surface area contributed by atoms with Gasteiger partial charge in [0.2, 0.25) is 11.8 Å². The van der Waals surface area contributed by atoms with Gasteiger partial charge in [-0.3, -0.25) is 4.79 Å². The van der Waals surface area contributed by atoms with E-state index in [0.717, 1.165) is 19.3 Å². The molecule has 2 N–H and O–H groups in total. The van der Waals surface area contributed by atoms with Gasteiger partial charge in [-0.05, 0) is 26.2 Å². The van der Waals surface area contributed by atoms with Crippen molar-refractivity contribution in [3.05, 3.63) is 11.7 Å². The molecule has 6 heteroatoms. The number of likely N-dealkylation sites (tertiary alicyclic amines) is 1. The summed E-state index contributed by atoms with van der Waals surface area (Å²) in [5.41, 5.74) is 5.77. The van der Waals surface area contributed by atoms with Crippen LogP contribution in [0.3, 0.4) is 0 Å². The minimum absolute atomic E-state index is 0.0200. The van der Waals surface area contributed by atoms with Crippen molar-refractivity contribution in [1.29, 1.82) is 0 Å². The van der Waals surface area contributed by atoms with Gasteiger partial charge >= 0.3 is 0 Å². The van der Waals surface area contributed by atoms with Crippen LogP contribution in [0.25, 0.3) is 0 Å². The molecule has 0 saturated carbocycles. The second kappa shape index (κ2) is 4.61. The first-order chi connectivity index (χ1) is 7.66. The van der Waals surface area contributed by atoms with E-state index in [-0.39, 0.29) is 11.9 Å². The van der Waals surface area contributed by atoms with E-state index in [1.165, 1.54) is 0 Å². The van der Waals surface area contributed by atoms with Crippen LogP contribution in [0.15, 0.2) is 4.52 Å². The van der Waals surface area contributed by atoms with Gasteiger partial charge in [0.05, 0.1) is 6.04 Å². The summed E-state index contributed by atoms with van der Waals surface area (Å²) in [7, 11) is 0. The Bertz CT molecular complexity index is 377. The maximum absolute atomic E-state index is 11.9. The number of nitrogens with zero attached hydrogens (tertiary/aromatic N) is 3. The molecule has 0 unspecified atom stereocenters. The van der Waals surface area contributed by atoms with Gasteiger partial charge in [0.1, 0.15) is 6.54 Å². The van der Waals surface area contributed by atoms with Crippen molar-refractivity contribution in [1.82, 2.24) is 15.0 Å². The lowest BCUT2D eigenvalue weighted by atomic mass is 10.1. The lowest BCUT2D eigenvalue weighted by Gasteiger charge is -2.20. The summed E-state index contributed by atoms with van der Waals surface area (Å²) in [5.74, 6) is 1.04. The minimum Gasteiger partial charge on any atom is -0.337 e. The fourth-order valence-corrected chi connectivity index (χ4v) is 1.86. The van der Waals surface area contributed by atoms with E-state index in [1.54, 1.807) is 11.8 Å². The highest BCUT2D eigenvalue weighted by Crippen LogP contribution is 2.13. The fraction of sp³-hybridized carbons (Fsp3) is 0.700. The van der Waals surface area contributed by atoms with Gasteiger partial charge in [0.15, 0.2) is 5.82 Å². The third-order valence-corrected chi connectivity index (χ3v) is 2.72. The molecule has 1 aliphatic heterocycles. The summed E-state index contributed by atoms with van der Waals surface area (Å²) in [5, 5.41) is 3.69. The molecule has 0 bridgehead atoms. The van der Waals surface area contributed by atoms with Crippen LogP contribution in [0.4, 0.5) is 0 Å². The number of carbonyl (C=O) groups is 1. The van der Waals surface area contributed by atoms with E-state index in [1.807, 2.05) is 0 Å². The Kier molecular flexibility index (Phi) is 3.19. The van der Waals surface area contributed by atoms with Crippen LogP contribution >= 0.6 is 0 Å². The second-order valence-corrected chi connectivity index (χ2v) is 4.10. The normalized spacial score (nSPS) is 22.2. The van der Waals surface area contributed by atoms with Crippen molar-refractivity contribution in [3.8, 4) is 0 Å². The highest BCUT2D eigenvalue weighted by atomic mass is 16.5. The van der Waals surface area contributed by atoms with Crippen molar-refractivity contribution in [2.45, 2.75) is 38.8 Å². The standard InChI is InChI=1S/C10H16N4O2/c1-7-12-9(16-13-7)6-14-5-3-2-4-8(11)10(14)15/h8H,2-6,11H2,1H3/t8-/m0/s1. The lowest BCUT2D eigenvalue weighted by Crippen LogP contribution is -2.41. The SMILES string of the molecule is Cc1noc(CN2CCCC[C@H](N)C2=O)n1. The first-order valence-electron chi connectivity index (χ1n) is 5.50. The average molecular weight is 224 g/mol. The molecule has 1 saturated heterocycles. The average Bonchev–Trinajstić information content (AvgIpc) is 2.60.